The number of nitrogens with zero attached hydrogens (tertiary/aromatic N) is 2. The van der Waals surface area contributed by atoms with Crippen LogP contribution in [0.25, 0.3) is 0 Å². The summed E-state index contributed by atoms with van der Waals surface area (Å²) in [4.78, 5) is 27.7. The number of amides is 2. The van der Waals surface area contributed by atoms with E-state index in [0.29, 0.717) is 32.0 Å². The topological polar surface area (TPSA) is 49.9 Å². The van der Waals surface area contributed by atoms with Crippen LogP contribution in [0.1, 0.15) is 61.8 Å². The van der Waals surface area contributed by atoms with Gasteiger partial charge in [-0.2, -0.15) is 0 Å². The molecule has 1 heterocycles. The summed E-state index contributed by atoms with van der Waals surface area (Å²) in [6.45, 7) is 17.3. The van der Waals surface area contributed by atoms with Crippen molar-refractivity contribution in [2.45, 2.75) is 73.5 Å². The number of carbonyl (C=O) groups is 2. The minimum atomic E-state index is -0.485. The van der Waals surface area contributed by atoms with E-state index in [1.165, 1.54) is 0 Å². The molecular weight excluding hydrogens is 280 g/mol. The Morgan fingerprint density at radius 2 is 1.73 bits per heavy atom. The molecule has 1 rings (SSSR count). The molecule has 0 aromatic carbocycles. The third-order valence-electron chi connectivity index (χ3n) is 3.19. The zero-order chi connectivity index (χ0) is 17.5. The molecule has 2 amide bonds. The molecule has 0 bridgehead atoms. The molecule has 0 aromatic rings. The highest BCUT2D eigenvalue weighted by Gasteiger charge is 2.32. The second kappa shape index (κ2) is 9.01. The van der Waals surface area contributed by atoms with E-state index < -0.39 is 5.60 Å². The van der Waals surface area contributed by atoms with E-state index in [9.17, 15) is 9.59 Å². The highest BCUT2D eigenvalue weighted by molar-refractivity contribution is 5.77. The molecule has 0 aliphatic carbocycles. The first-order valence-electron chi connectivity index (χ1n) is 8.37. The van der Waals surface area contributed by atoms with Crippen molar-refractivity contribution in [2.75, 3.05) is 19.6 Å². The van der Waals surface area contributed by atoms with Crippen molar-refractivity contribution in [3.05, 3.63) is 0 Å². The van der Waals surface area contributed by atoms with Gasteiger partial charge in [0.1, 0.15) is 5.60 Å². The van der Waals surface area contributed by atoms with Crippen molar-refractivity contribution in [2.24, 2.45) is 5.92 Å². The van der Waals surface area contributed by atoms with Gasteiger partial charge in [-0.3, -0.25) is 4.79 Å². The maximum absolute atomic E-state index is 12.1. The molecular formula is C17H34N2O3. The number of hydrogen-bond acceptors (Lipinski definition) is 3. The summed E-state index contributed by atoms with van der Waals surface area (Å²) in [6.07, 6.45) is 0.278. The van der Waals surface area contributed by atoms with Crippen LogP contribution >= 0.6 is 0 Å². The SMILES string of the molecule is CC.CC(C)CC(=O)N1CCN(C(=O)OC(C)(C)C)C(C)C1. The van der Waals surface area contributed by atoms with Crippen LogP contribution in [0.3, 0.4) is 0 Å². The first kappa shape index (κ1) is 20.7. The summed E-state index contributed by atoms with van der Waals surface area (Å²) in [7, 11) is 0. The highest BCUT2D eigenvalue weighted by Crippen LogP contribution is 2.16. The smallest absolute Gasteiger partial charge is 0.410 e. The number of ether oxygens (including phenoxy) is 1. The van der Waals surface area contributed by atoms with Crippen LogP contribution in [0.15, 0.2) is 0 Å². The number of carbonyl (C=O) groups excluding carboxylic acids is 2. The normalized spacial score (nSPS) is 18.7. The van der Waals surface area contributed by atoms with Gasteiger partial charge >= 0.3 is 6.09 Å². The van der Waals surface area contributed by atoms with Crippen LogP contribution in [-0.2, 0) is 9.53 Å². The number of hydrogen-bond donors (Lipinski definition) is 0. The Bertz CT molecular complexity index is 361. The Morgan fingerprint density at radius 3 is 2.14 bits per heavy atom. The molecule has 1 atom stereocenters. The molecule has 5 heteroatoms. The maximum atomic E-state index is 12.1. The summed E-state index contributed by atoms with van der Waals surface area (Å²) < 4.78 is 5.39. The van der Waals surface area contributed by atoms with Gasteiger partial charge in [-0.05, 0) is 33.6 Å². The summed E-state index contributed by atoms with van der Waals surface area (Å²) in [5.74, 6) is 0.539. The number of rotatable bonds is 2. The molecule has 1 aliphatic rings. The molecule has 1 fully saturated rings. The summed E-state index contributed by atoms with van der Waals surface area (Å²) in [6, 6.07) is -0.00490. The maximum Gasteiger partial charge on any atom is 0.410 e. The van der Waals surface area contributed by atoms with Crippen molar-refractivity contribution in [1.29, 1.82) is 0 Å². The third kappa shape index (κ3) is 7.14. The fourth-order valence-corrected chi connectivity index (χ4v) is 2.25. The predicted octanol–water partition coefficient (Wildman–Crippen LogP) is 3.53. The van der Waals surface area contributed by atoms with Gasteiger partial charge in [-0.15, -0.1) is 0 Å². The average Bonchev–Trinajstić information content (AvgIpc) is 2.37. The van der Waals surface area contributed by atoms with E-state index in [0.717, 1.165) is 0 Å². The first-order valence-corrected chi connectivity index (χ1v) is 8.37. The van der Waals surface area contributed by atoms with Crippen molar-refractivity contribution >= 4 is 12.0 Å². The largest absolute Gasteiger partial charge is 0.444 e. The van der Waals surface area contributed by atoms with Crippen LogP contribution in [-0.4, -0.2) is 53.1 Å². The third-order valence-corrected chi connectivity index (χ3v) is 3.19. The lowest BCUT2D eigenvalue weighted by atomic mass is 10.1. The molecule has 5 nitrogen and oxygen atoms in total. The van der Waals surface area contributed by atoms with Gasteiger partial charge in [0.15, 0.2) is 0 Å². The van der Waals surface area contributed by atoms with E-state index in [2.05, 4.69) is 0 Å². The summed E-state index contributed by atoms with van der Waals surface area (Å²) in [5.41, 5.74) is -0.485. The van der Waals surface area contributed by atoms with Gasteiger partial charge < -0.3 is 14.5 Å². The number of piperazine rings is 1. The molecule has 1 unspecified atom stereocenters. The van der Waals surface area contributed by atoms with Crippen molar-refractivity contribution < 1.29 is 14.3 Å². The lowest BCUT2D eigenvalue weighted by Crippen LogP contribution is -2.56. The lowest BCUT2D eigenvalue weighted by Gasteiger charge is -2.40. The first-order chi connectivity index (χ1) is 10.1. The predicted molar refractivity (Wildman–Crippen MR) is 89.8 cm³/mol. The Kier molecular flexibility index (Phi) is 8.49. The zero-order valence-corrected chi connectivity index (χ0v) is 15.6. The molecule has 0 radical (unpaired) electrons. The van der Waals surface area contributed by atoms with Crippen molar-refractivity contribution in [3.63, 3.8) is 0 Å². The average molecular weight is 314 g/mol. The van der Waals surface area contributed by atoms with Gasteiger partial charge in [-0.25, -0.2) is 4.79 Å². The van der Waals surface area contributed by atoms with Crippen molar-refractivity contribution in [3.8, 4) is 0 Å². The van der Waals surface area contributed by atoms with Crippen LogP contribution in [0, 0.1) is 5.92 Å². The van der Waals surface area contributed by atoms with Gasteiger partial charge in [0, 0.05) is 32.1 Å². The minimum absolute atomic E-state index is 0.00490. The molecule has 1 saturated heterocycles. The van der Waals surface area contributed by atoms with Gasteiger partial charge in [0.25, 0.3) is 0 Å². The fourth-order valence-electron chi connectivity index (χ4n) is 2.25. The molecule has 22 heavy (non-hydrogen) atoms. The molecule has 1 aliphatic heterocycles. The highest BCUT2D eigenvalue weighted by atomic mass is 16.6. The van der Waals surface area contributed by atoms with E-state index in [1.807, 2.05) is 60.3 Å². The standard InChI is InChI=1S/C15H28N2O3.C2H6/c1-11(2)9-13(18)16-7-8-17(12(3)10-16)14(19)20-15(4,5)6;1-2/h11-12H,7-10H2,1-6H3;1-2H3. The summed E-state index contributed by atoms with van der Waals surface area (Å²) in [5, 5.41) is 0. The van der Waals surface area contributed by atoms with Crippen LogP contribution < -0.4 is 0 Å². The van der Waals surface area contributed by atoms with Gasteiger partial charge in [-0.1, -0.05) is 27.7 Å². The molecule has 0 N–H and O–H groups in total. The van der Waals surface area contributed by atoms with Gasteiger partial charge in [0.2, 0.25) is 5.91 Å². The fraction of sp³-hybridized carbons (Fsp3) is 0.882. The van der Waals surface area contributed by atoms with E-state index in [4.69, 9.17) is 4.74 Å². The Balaban J connectivity index is 0.00000211. The Morgan fingerprint density at radius 1 is 1.18 bits per heavy atom. The van der Waals surface area contributed by atoms with Gasteiger partial charge in [0.05, 0.1) is 0 Å². The molecule has 0 aromatic heterocycles. The quantitative estimate of drug-likeness (QED) is 0.783. The Labute approximate surface area is 136 Å². The van der Waals surface area contributed by atoms with Crippen LogP contribution in [0.5, 0.6) is 0 Å². The zero-order valence-electron chi connectivity index (χ0n) is 15.6. The van der Waals surface area contributed by atoms with Crippen molar-refractivity contribution in [1.82, 2.24) is 9.80 Å². The summed E-state index contributed by atoms with van der Waals surface area (Å²) >= 11 is 0. The van der Waals surface area contributed by atoms with E-state index in [-0.39, 0.29) is 18.0 Å². The van der Waals surface area contributed by atoms with Crippen LogP contribution in [0.4, 0.5) is 4.79 Å². The minimum Gasteiger partial charge on any atom is -0.444 e. The second-order valence-electron chi connectivity index (χ2n) is 6.96. The molecule has 0 saturated carbocycles. The molecule has 0 spiro atoms. The van der Waals surface area contributed by atoms with Crippen LogP contribution in [0.2, 0.25) is 0 Å². The van der Waals surface area contributed by atoms with E-state index >= 15 is 0 Å². The lowest BCUT2D eigenvalue weighted by molar-refractivity contribution is -0.134. The van der Waals surface area contributed by atoms with E-state index in [1.54, 1.807) is 4.90 Å². The monoisotopic (exact) mass is 314 g/mol. The second-order valence-corrected chi connectivity index (χ2v) is 6.96. The molecule has 130 valence electrons. The Hall–Kier alpha value is -1.26.